The lowest BCUT2D eigenvalue weighted by Crippen LogP contribution is -2.48. The zero-order valence-corrected chi connectivity index (χ0v) is 24.7. The van der Waals surface area contributed by atoms with Crippen molar-refractivity contribution in [2.45, 2.75) is 52.5 Å². The Bertz CT molecular complexity index is 1030. The van der Waals surface area contributed by atoms with Gasteiger partial charge in [0.25, 0.3) is 0 Å². The Morgan fingerprint density at radius 3 is 2.13 bits per heavy atom. The molecule has 0 aliphatic rings. The molecule has 0 saturated carbocycles. The molecule has 9 nitrogen and oxygen atoms in total. The van der Waals surface area contributed by atoms with E-state index in [-0.39, 0.29) is 0 Å². The van der Waals surface area contributed by atoms with E-state index in [0.717, 1.165) is 47.8 Å². The molecule has 0 saturated heterocycles. The van der Waals surface area contributed by atoms with Gasteiger partial charge in [0.1, 0.15) is 5.75 Å². The van der Waals surface area contributed by atoms with Gasteiger partial charge in [-0.1, -0.05) is 30.3 Å². The zero-order chi connectivity index (χ0) is 28.3. The maximum atomic E-state index is 12.0. The lowest BCUT2D eigenvalue weighted by Gasteiger charge is -2.28. The van der Waals surface area contributed by atoms with Crippen LogP contribution in [0.15, 0.2) is 42.5 Å². The molecule has 0 aliphatic heterocycles. The van der Waals surface area contributed by atoms with Crippen LogP contribution in [0.25, 0.3) is 16.8 Å². The average Bonchev–Trinajstić information content (AvgIpc) is 2.94. The Morgan fingerprint density at radius 2 is 1.49 bits per heavy atom. The SMILES string of the molecule is CCO[Si](CCNC(=O)OCCCCCCOc1ccc(C=CC(=O)OC)c2ccccc12)(OCC)OCC. The number of fused-ring (bicyclic) bond motifs is 1. The summed E-state index contributed by atoms with van der Waals surface area (Å²) in [6.07, 6.45) is 6.30. The van der Waals surface area contributed by atoms with E-state index in [0.29, 0.717) is 45.6 Å². The first-order chi connectivity index (χ1) is 19.0. The second-order valence-corrected chi connectivity index (χ2v) is 11.3. The fourth-order valence-electron chi connectivity index (χ4n) is 4.07. The minimum Gasteiger partial charge on any atom is -0.493 e. The van der Waals surface area contributed by atoms with E-state index in [9.17, 15) is 9.59 Å². The number of amides is 1. The van der Waals surface area contributed by atoms with Gasteiger partial charge in [-0.2, -0.15) is 0 Å². The molecule has 216 valence electrons. The van der Waals surface area contributed by atoms with Crippen molar-refractivity contribution in [3.8, 4) is 5.75 Å². The number of carbonyl (C=O) groups is 2. The van der Waals surface area contributed by atoms with Crippen molar-refractivity contribution >= 4 is 37.7 Å². The number of methoxy groups -OCH3 is 1. The molecule has 2 rings (SSSR count). The van der Waals surface area contributed by atoms with E-state index >= 15 is 0 Å². The summed E-state index contributed by atoms with van der Waals surface area (Å²) < 4.78 is 33.4. The largest absolute Gasteiger partial charge is 0.502 e. The molecule has 1 N–H and O–H groups in total. The maximum Gasteiger partial charge on any atom is 0.502 e. The first kappa shape index (κ1) is 32.3. The molecule has 1 amide bonds. The Hall–Kier alpha value is -2.92. The minimum atomic E-state index is -2.77. The number of rotatable bonds is 19. The summed E-state index contributed by atoms with van der Waals surface area (Å²) in [5.41, 5.74) is 0.923. The van der Waals surface area contributed by atoms with Gasteiger partial charge >= 0.3 is 20.9 Å². The molecule has 0 aliphatic carbocycles. The second kappa shape index (κ2) is 18.4. The fraction of sp³-hybridized carbons (Fsp3) is 0.517. The number of alkyl carbamates (subject to hydrolysis) is 1. The normalized spacial score (nSPS) is 11.6. The summed E-state index contributed by atoms with van der Waals surface area (Å²) in [6, 6.07) is 12.3. The standard InChI is InChI=1S/C29H43NO8Si/c1-5-36-39(37-6-2,38-7-3)23-20-30-29(32)35-22-13-9-8-12-21-34-27-18-16-24(17-19-28(31)33-4)25-14-10-11-15-26(25)27/h10-11,14-19H,5-9,12-13,20-23H2,1-4H3,(H,30,32). The van der Waals surface area contributed by atoms with Crippen molar-refractivity contribution in [2.24, 2.45) is 0 Å². The molecule has 0 unspecified atom stereocenters. The molecule has 0 atom stereocenters. The number of nitrogens with one attached hydrogen (secondary N) is 1. The van der Waals surface area contributed by atoms with Gasteiger partial charge in [0.2, 0.25) is 0 Å². The Balaban J connectivity index is 1.66. The van der Waals surface area contributed by atoms with Crippen molar-refractivity contribution in [2.75, 3.05) is 46.7 Å². The molecule has 0 heterocycles. The lowest BCUT2D eigenvalue weighted by molar-refractivity contribution is -0.134. The van der Waals surface area contributed by atoms with Crippen molar-refractivity contribution in [1.29, 1.82) is 0 Å². The topological polar surface area (TPSA) is 102 Å². The molecule has 10 heteroatoms. The van der Waals surface area contributed by atoms with E-state index in [2.05, 4.69) is 10.1 Å². The van der Waals surface area contributed by atoms with Gasteiger partial charge in [-0.3, -0.25) is 0 Å². The lowest BCUT2D eigenvalue weighted by atomic mass is 10.0. The van der Waals surface area contributed by atoms with Gasteiger partial charge < -0.3 is 32.8 Å². The number of hydrogen-bond donors (Lipinski definition) is 1. The first-order valence-corrected chi connectivity index (χ1v) is 15.6. The van der Waals surface area contributed by atoms with Gasteiger partial charge in [-0.25, -0.2) is 9.59 Å². The highest BCUT2D eigenvalue weighted by Gasteiger charge is 2.40. The molecule has 2 aromatic rings. The van der Waals surface area contributed by atoms with Crippen LogP contribution in [0.4, 0.5) is 4.79 Å². The van der Waals surface area contributed by atoms with Crippen LogP contribution in [-0.4, -0.2) is 67.6 Å². The smallest absolute Gasteiger partial charge is 0.493 e. The second-order valence-electron chi connectivity index (χ2n) is 8.61. The van der Waals surface area contributed by atoms with Crippen molar-refractivity contribution in [3.05, 3.63) is 48.0 Å². The predicted molar refractivity (Wildman–Crippen MR) is 154 cm³/mol. The van der Waals surface area contributed by atoms with E-state index < -0.39 is 20.9 Å². The molecular formula is C29H43NO8Si. The van der Waals surface area contributed by atoms with Crippen LogP contribution in [-0.2, 0) is 27.5 Å². The zero-order valence-electron chi connectivity index (χ0n) is 23.7. The number of esters is 1. The summed E-state index contributed by atoms with van der Waals surface area (Å²) in [5, 5.41) is 4.76. The molecule has 0 fully saturated rings. The number of ether oxygens (including phenoxy) is 3. The number of benzene rings is 2. The van der Waals surface area contributed by atoms with Gasteiger partial charge in [0, 0.05) is 43.9 Å². The highest BCUT2D eigenvalue weighted by atomic mass is 28.4. The Kier molecular flexibility index (Phi) is 15.2. The summed E-state index contributed by atoms with van der Waals surface area (Å²) in [7, 11) is -1.42. The summed E-state index contributed by atoms with van der Waals surface area (Å²) in [5.74, 6) is 0.418. The molecule has 0 radical (unpaired) electrons. The van der Waals surface area contributed by atoms with Crippen LogP contribution in [0.5, 0.6) is 5.75 Å². The summed E-state index contributed by atoms with van der Waals surface area (Å²) in [6.45, 7) is 8.54. The van der Waals surface area contributed by atoms with Gasteiger partial charge in [-0.15, -0.1) is 0 Å². The number of hydrogen-bond acceptors (Lipinski definition) is 8. The Labute approximate surface area is 233 Å². The van der Waals surface area contributed by atoms with Gasteiger partial charge in [0.15, 0.2) is 0 Å². The van der Waals surface area contributed by atoms with E-state index in [1.54, 1.807) is 6.08 Å². The van der Waals surface area contributed by atoms with Crippen molar-refractivity contribution in [1.82, 2.24) is 5.32 Å². The third-order valence-corrected chi connectivity index (χ3v) is 8.89. The molecule has 0 spiro atoms. The molecule has 39 heavy (non-hydrogen) atoms. The van der Waals surface area contributed by atoms with E-state index in [1.807, 2.05) is 57.2 Å². The molecule has 2 aromatic carbocycles. The highest BCUT2D eigenvalue weighted by molar-refractivity contribution is 6.60. The number of unbranched alkanes of at least 4 members (excludes halogenated alkanes) is 3. The predicted octanol–water partition coefficient (Wildman–Crippen LogP) is 5.74. The van der Waals surface area contributed by atoms with Crippen LogP contribution in [0, 0.1) is 0 Å². The third-order valence-electron chi connectivity index (χ3n) is 5.84. The van der Waals surface area contributed by atoms with E-state index in [4.69, 9.17) is 22.8 Å². The van der Waals surface area contributed by atoms with Crippen LogP contribution in [0.1, 0.15) is 52.0 Å². The molecule has 0 aromatic heterocycles. The summed E-state index contributed by atoms with van der Waals surface area (Å²) in [4.78, 5) is 23.5. The van der Waals surface area contributed by atoms with Crippen molar-refractivity contribution in [3.63, 3.8) is 0 Å². The fourth-order valence-corrected chi connectivity index (χ4v) is 6.50. The quantitative estimate of drug-likeness (QED) is 0.100. The van der Waals surface area contributed by atoms with Crippen LogP contribution < -0.4 is 10.1 Å². The van der Waals surface area contributed by atoms with Gasteiger partial charge in [0.05, 0.1) is 20.3 Å². The van der Waals surface area contributed by atoms with Crippen LogP contribution >= 0.6 is 0 Å². The monoisotopic (exact) mass is 561 g/mol. The van der Waals surface area contributed by atoms with E-state index in [1.165, 1.54) is 13.2 Å². The Morgan fingerprint density at radius 1 is 0.846 bits per heavy atom. The summed E-state index contributed by atoms with van der Waals surface area (Å²) >= 11 is 0. The van der Waals surface area contributed by atoms with Crippen LogP contribution in [0.2, 0.25) is 6.04 Å². The maximum absolute atomic E-state index is 12.0. The van der Waals surface area contributed by atoms with Crippen LogP contribution in [0.3, 0.4) is 0 Å². The average molecular weight is 562 g/mol. The highest BCUT2D eigenvalue weighted by Crippen LogP contribution is 2.29. The molecular weight excluding hydrogens is 518 g/mol. The number of carbonyl (C=O) groups excluding carboxylic acids is 2. The first-order valence-electron chi connectivity index (χ1n) is 13.7. The third kappa shape index (κ3) is 11.4. The minimum absolute atomic E-state index is 0.364. The van der Waals surface area contributed by atoms with Gasteiger partial charge in [-0.05, 0) is 69.5 Å². The molecule has 0 bridgehead atoms. The van der Waals surface area contributed by atoms with Crippen molar-refractivity contribution < 1.29 is 37.1 Å².